The number of nitrogens with zero attached hydrogens (tertiary/aromatic N) is 3. The summed E-state index contributed by atoms with van der Waals surface area (Å²) >= 11 is 0. The number of methoxy groups -OCH3 is 3. The van der Waals surface area contributed by atoms with Crippen molar-refractivity contribution in [2.45, 2.75) is 49.5 Å². The van der Waals surface area contributed by atoms with E-state index < -0.39 is 34.5 Å². The van der Waals surface area contributed by atoms with Crippen LogP contribution >= 0.6 is 0 Å². The van der Waals surface area contributed by atoms with Crippen molar-refractivity contribution in [3.05, 3.63) is 89.0 Å². The Labute approximate surface area is 320 Å². The molecule has 3 aromatic carbocycles. The van der Waals surface area contributed by atoms with Crippen LogP contribution in [0.1, 0.15) is 54.1 Å². The lowest BCUT2D eigenvalue weighted by Gasteiger charge is -2.43. The van der Waals surface area contributed by atoms with Crippen molar-refractivity contribution in [3.63, 3.8) is 0 Å². The Morgan fingerprint density at radius 3 is 2.20 bits per heavy atom. The van der Waals surface area contributed by atoms with Gasteiger partial charge in [-0.2, -0.15) is 0 Å². The Morgan fingerprint density at radius 1 is 0.855 bits per heavy atom. The van der Waals surface area contributed by atoms with Crippen LogP contribution in [-0.4, -0.2) is 119 Å². The molecule has 3 fully saturated rings. The molecule has 3 aliphatic heterocycles. The van der Waals surface area contributed by atoms with E-state index >= 15 is 0 Å². The average Bonchev–Trinajstić information content (AvgIpc) is 3.66. The van der Waals surface area contributed by atoms with Crippen molar-refractivity contribution < 1.29 is 46.8 Å². The predicted molar refractivity (Wildman–Crippen MR) is 199 cm³/mol. The van der Waals surface area contributed by atoms with E-state index in [1.807, 2.05) is 30.3 Å². The van der Waals surface area contributed by atoms with Crippen molar-refractivity contribution in [2.75, 3.05) is 80.4 Å². The second kappa shape index (κ2) is 17.3. The van der Waals surface area contributed by atoms with Gasteiger partial charge in [-0.25, -0.2) is 18.6 Å². The summed E-state index contributed by atoms with van der Waals surface area (Å²) in [4.78, 5) is 44.6. The van der Waals surface area contributed by atoms with E-state index in [4.69, 9.17) is 23.7 Å². The van der Waals surface area contributed by atoms with Crippen LogP contribution in [0.25, 0.3) is 0 Å². The Balaban J connectivity index is 1.18. The topological polar surface area (TPSA) is 119 Å². The number of hydrogen-bond donors (Lipinski definition) is 1. The summed E-state index contributed by atoms with van der Waals surface area (Å²) < 4.78 is 56.1. The van der Waals surface area contributed by atoms with E-state index in [1.54, 1.807) is 35.0 Å². The van der Waals surface area contributed by atoms with Crippen LogP contribution < -0.4 is 19.6 Å². The van der Waals surface area contributed by atoms with Gasteiger partial charge in [0.2, 0.25) is 11.7 Å². The normalized spacial score (nSPS) is 21.5. The molecule has 2 amide bonds. The number of benzene rings is 3. The molecule has 0 unspecified atom stereocenters. The average molecular weight is 765 g/mol. The zero-order valence-electron chi connectivity index (χ0n) is 31.9. The summed E-state index contributed by atoms with van der Waals surface area (Å²) in [5.74, 6) is -1.62. The third-order valence-electron chi connectivity index (χ3n) is 11.3. The van der Waals surface area contributed by atoms with Crippen LogP contribution in [0.15, 0.2) is 60.7 Å². The smallest absolute Gasteiger partial charge is 0.336 e. The predicted octanol–water partition coefficient (Wildman–Crippen LogP) is 4.49. The van der Waals surface area contributed by atoms with Gasteiger partial charge >= 0.3 is 5.97 Å². The third-order valence-corrected chi connectivity index (χ3v) is 11.3. The molecule has 12 nitrogen and oxygen atoms in total. The number of rotatable bonds is 13. The molecule has 0 bridgehead atoms. The molecule has 14 heteroatoms. The first-order valence-electron chi connectivity index (χ1n) is 18.7. The van der Waals surface area contributed by atoms with E-state index in [-0.39, 0.29) is 31.6 Å². The van der Waals surface area contributed by atoms with Gasteiger partial charge in [-0.1, -0.05) is 36.4 Å². The van der Waals surface area contributed by atoms with Crippen LogP contribution in [0.5, 0.6) is 17.2 Å². The first-order valence-corrected chi connectivity index (χ1v) is 18.7. The molecule has 2 atom stereocenters. The number of hydrazine groups is 1. The summed E-state index contributed by atoms with van der Waals surface area (Å²) in [7, 11) is 4.46. The van der Waals surface area contributed by atoms with E-state index in [9.17, 15) is 23.2 Å². The number of esters is 1. The monoisotopic (exact) mass is 764 g/mol. The molecule has 3 heterocycles. The van der Waals surface area contributed by atoms with Gasteiger partial charge in [0, 0.05) is 30.6 Å². The highest BCUT2D eigenvalue weighted by molar-refractivity contribution is 5.96. The lowest BCUT2D eigenvalue weighted by atomic mass is 9.71. The van der Waals surface area contributed by atoms with Crippen LogP contribution in [0.3, 0.4) is 0 Å². The summed E-state index contributed by atoms with van der Waals surface area (Å²) in [5.41, 5.74) is 3.53. The van der Waals surface area contributed by atoms with Gasteiger partial charge in [-0.3, -0.25) is 15.0 Å². The van der Waals surface area contributed by atoms with Crippen molar-refractivity contribution in [2.24, 2.45) is 0 Å². The van der Waals surface area contributed by atoms with Crippen molar-refractivity contribution in [3.8, 4) is 17.2 Å². The maximum absolute atomic E-state index is 14.8. The standard InChI is InChI=1S/C41H50F2N4O8/c1-5-54-38(49)35-26-47(21-22-55-35)44-39(50)41(29-9-7-6-8-10-29)15-18-45(19-16-41)17-13-40(30-11-12-31(42)32(43)25-30)14-20-46(27-40)37(48)28-23-33(51-2)36(53-4)34(24-28)52-3/h6-12,23-25,35H,5,13-22,26-27H2,1-4H3,(H,44,50)/t35-,40+/m1/s1. The second-order valence-electron chi connectivity index (χ2n) is 14.3. The van der Waals surface area contributed by atoms with Crippen LogP contribution in [0, 0.1) is 11.6 Å². The highest BCUT2D eigenvalue weighted by Gasteiger charge is 2.46. The number of hydrogen-bond acceptors (Lipinski definition) is 10. The van der Waals surface area contributed by atoms with Gasteiger partial charge in [0.05, 0.1) is 46.5 Å². The maximum atomic E-state index is 14.8. The molecule has 3 aromatic rings. The quantitative estimate of drug-likeness (QED) is 0.250. The lowest BCUT2D eigenvalue weighted by molar-refractivity contribution is -0.165. The fraction of sp³-hybridized carbons (Fsp3) is 0.488. The summed E-state index contributed by atoms with van der Waals surface area (Å²) in [6.45, 7) is 5.42. The van der Waals surface area contributed by atoms with Crippen molar-refractivity contribution in [1.29, 1.82) is 0 Å². The number of amides is 2. The van der Waals surface area contributed by atoms with Gasteiger partial charge in [0.15, 0.2) is 29.2 Å². The second-order valence-corrected chi connectivity index (χ2v) is 14.3. The minimum Gasteiger partial charge on any atom is -0.493 e. The zero-order chi connectivity index (χ0) is 39.2. The largest absolute Gasteiger partial charge is 0.493 e. The number of piperidine rings is 1. The number of morpholine rings is 1. The summed E-state index contributed by atoms with van der Waals surface area (Å²) in [6, 6.07) is 17.0. The minimum atomic E-state index is -0.934. The number of carbonyl (C=O) groups excluding carboxylic acids is 3. The Morgan fingerprint density at radius 2 is 1.56 bits per heavy atom. The molecule has 1 N–H and O–H groups in total. The van der Waals surface area contributed by atoms with E-state index in [2.05, 4.69) is 10.3 Å². The van der Waals surface area contributed by atoms with Crippen LogP contribution in [0.2, 0.25) is 0 Å². The molecule has 3 saturated heterocycles. The highest BCUT2D eigenvalue weighted by atomic mass is 19.2. The number of ether oxygens (including phenoxy) is 5. The Kier molecular flexibility index (Phi) is 12.6. The SMILES string of the molecule is CCOC(=O)[C@H]1CN(NC(=O)C2(c3ccccc3)CCN(CC[C@]3(c4ccc(F)c(F)c4)CCN(C(=O)c4cc(OC)c(OC)c(OC)c4)C3)CC2)CCO1. The molecule has 0 spiro atoms. The lowest BCUT2D eigenvalue weighted by Crippen LogP contribution is -2.59. The van der Waals surface area contributed by atoms with Crippen LogP contribution in [0.4, 0.5) is 8.78 Å². The number of carbonyl (C=O) groups is 3. The molecule has 6 rings (SSSR count). The number of nitrogens with one attached hydrogen (secondary N) is 1. The third kappa shape index (κ3) is 8.41. The first-order chi connectivity index (χ1) is 26.6. The molecule has 0 aromatic heterocycles. The maximum Gasteiger partial charge on any atom is 0.336 e. The summed E-state index contributed by atoms with van der Waals surface area (Å²) in [6.07, 6.45) is 1.42. The van der Waals surface area contributed by atoms with Crippen LogP contribution in [-0.2, 0) is 29.9 Å². The number of likely N-dealkylation sites (tertiary alicyclic amines) is 2. The summed E-state index contributed by atoms with van der Waals surface area (Å²) in [5, 5.41) is 1.74. The van der Waals surface area contributed by atoms with Crippen molar-refractivity contribution in [1.82, 2.24) is 20.2 Å². The van der Waals surface area contributed by atoms with Crippen molar-refractivity contribution >= 4 is 17.8 Å². The van der Waals surface area contributed by atoms with E-state index in [0.29, 0.717) is 93.3 Å². The molecule has 0 radical (unpaired) electrons. The van der Waals surface area contributed by atoms with Gasteiger partial charge in [0.1, 0.15) is 0 Å². The van der Waals surface area contributed by atoms with Gasteiger partial charge in [-0.15, -0.1) is 0 Å². The minimum absolute atomic E-state index is 0.141. The highest BCUT2D eigenvalue weighted by Crippen LogP contribution is 2.43. The molecule has 0 saturated carbocycles. The Hall–Kier alpha value is -4.79. The molecular formula is C41H50F2N4O8. The number of halogens is 2. The zero-order valence-corrected chi connectivity index (χ0v) is 31.9. The van der Waals surface area contributed by atoms with Gasteiger partial charge < -0.3 is 33.5 Å². The molecule has 55 heavy (non-hydrogen) atoms. The first kappa shape index (κ1) is 39.9. The van der Waals surface area contributed by atoms with E-state index in [1.165, 1.54) is 27.4 Å². The van der Waals surface area contributed by atoms with Gasteiger partial charge in [-0.05, 0) is 87.6 Å². The molecule has 0 aliphatic carbocycles. The van der Waals surface area contributed by atoms with E-state index in [0.717, 1.165) is 11.6 Å². The molecule has 3 aliphatic rings. The fourth-order valence-corrected chi connectivity index (χ4v) is 8.16. The molecule has 296 valence electrons. The fourth-order valence-electron chi connectivity index (χ4n) is 8.16. The Bertz CT molecular complexity index is 1810. The molecular weight excluding hydrogens is 714 g/mol. The van der Waals surface area contributed by atoms with Gasteiger partial charge in [0.25, 0.3) is 5.91 Å².